The van der Waals surface area contributed by atoms with Crippen molar-refractivity contribution in [2.24, 2.45) is 0 Å². The Morgan fingerprint density at radius 2 is 1.76 bits per heavy atom. The third kappa shape index (κ3) is 5.49. The smallest absolute Gasteiger partial charge is 0.225 e. The lowest BCUT2D eigenvalue weighted by Gasteiger charge is -2.22. The van der Waals surface area contributed by atoms with Gasteiger partial charge in [0.1, 0.15) is 23.7 Å². The summed E-state index contributed by atoms with van der Waals surface area (Å²) < 4.78 is 41.8. The maximum absolute atomic E-state index is 14.0. The van der Waals surface area contributed by atoms with Crippen LogP contribution in [-0.4, -0.2) is 22.2 Å². The molecule has 0 saturated heterocycles. The molecule has 0 aliphatic rings. The second-order valence-corrected chi connectivity index (χ2v) is 8.96. The summed E-state index contributed by atoms with van der Waals surface area (Å²) in [5.74, 6) is -2.26. The highest BCUT2D eigenvalue weighted by molar-refractivity contribution is 5.89. The summed E-state index contributed by atoms with van der Waals surface area (Å²) in [4.78, 5) is 32.2. The van der Waals surface area contributed by atoms with E-state index in [1.54, 1.807) is 48.8 Å². The largest absolute Gasteiger partial charge is 0.361 e. The molecule has 0 aliphatic carbocycles. The molecule has 0 fully saturated rings. The first-order valence-electron chi connectivity index (χ1n) is 11.9. The number of aromatic amines is 1. The molecule has 190 valence electrons. The number of hydrogen-bond acceptors (Lipinski definition) is 3. The van der Waals surface area contributed by atoms with E-state index in [0.717, 1.165) is 12.4 Å². The van der Waals surface area contributed by atoms with Crippen LogP contribution in [-0.2, 0) is 17.6 Å². The Balaban J connectivity index is 1.51. The average molecular weight is 514 g/mol. The number of halogens is 3. The SMILES string of the molecule is O=Cc1cccc(-c2cccnc2C(Cc2cc(F)cc(F)c2)NC(=O)Cc2c[nH]c3ccc(F)cc23)c1. The monoisotopic (exact) mass is 513 g/mol. The number of pyridine rings is 1. The number of benzene rings is 3. The summed E-state index contributed by atoms with van der Waals surface area (Å²) >= 11 is 0. The van der Waals surface area contributed by atoms with Crippen LogP contribution in [0.3, 0.4) is 0 Å². The number of fused-ring (bicyclic) bond motifs is 1. The van der Waals surface area contributed by atoms with Gasteiger partial charge >= 0.3 is 0 Å². The predicted octanol–water partition coefficient (Wildman–Crippen LogP) is 6.10. The van der Waals surface area contributed by atoms with E-state index in [-0.39, 0.29) is 18.7 Å². The van der Waals surface area contributed by atoms with Crippen LogP contribution >= 0.6 is 0 Å². The maximum atomic E-state index is 14.0. The lowest BCUT2D eigenvalue weighted by Crippen LogP contribution is -2.32. The van der Waals surface area contributed by atoms with Crippen LogP contribution in [0.1, 0.15) is 33.2 Å². The van der Waals surface area contributed by atoms with Gasteiger partial charge in [-0.1, -0.05) is 24.3 Å². The molecule has 38 heavy (non-hydrogen) atoms. The Kier molecular flexibility index (Phi) is 7.04. The standard InChI is InChI=1S/C30H22F3N3O2/c31-22-6-7-27-26(15-22)21(16-35-27)13-29(38)36-28(12-19-10-23(32)14-24(33)11-19)30-25(5-2-8-34-30)20-4-1-3-18(9-20)17-37/h1-11,14-17,28,35H,12-13H2,(H,36,38). The van der Waals surface area contributed by atoms with E-state index in [4.69, 9.17) is 0 Å². The van der Waals surface area contributed by atoms with Gasteiger partial charge < -0.3 is 10.3 Å². The first-order chi connectivity index (χ1) is 18.4. The normalized spacial score (nSPS) is 11.9. The van der Waals surface area contributed by atoms with E-state index in [1.807, 2.05) is 6.07 Å². The summed E-state index contributed by atoms with van der Waals surface area (Å²) in [5.41, 5.74) is 3.94. The summed E-state index contributed by atoms with van der Waals surface area (Å²) in [6.45, 7) is 0. The van der Waals surface area contributed by atoms with E-state index < -0.39 is 23.5 Å². The Bertz CT molecular complexity index is 1630. The fourth-order valence-corrected chi connectivity index (χ4v) is 4.61. The topological polar surface area (TPSA) is 74.8 Å². The highest BCUT2D eigenvalue weighted by Gasteiger charge is 2.22. The summed E-state index contributed by atoms with van der Waals surface area (Å²) in [7, 11) is 0. The number of nitrogens with zero attached hydrogens (tertiary/aromatic N) is 1. The van der Waals surface area contributed by atoms with Crippen molar-refractivity contribution in [3.8, 4) is 11.1 Å². The highest BCUT2D eigenvalue weighted by Crippen LogP contribution is 2.30. The number of rotatable bonds is 8. The molecule has 0 aliphatic heterocycles. The molecule has 0 spiro atoms. The van der Waals surface area contributed by atoms with E-state index >= 15 is 0 Å². The molecular weight excluding hydrogens is 491 g/mol. The molecular formula is C30H22F3N3O2. The summed E-state index contributed by atoms with van der Waals surface area (Å²) in [6, 6.07) is 17.2. The van der Waals surface area contributed by atoms with Crippen LogP contribution in [0.15, 0.2) is 85.2 Å². The second-order valence-electron chi connectivity index (χ2n) is 8.96. The molecule has 1 amide bonds. The third-order valence-corrected chi connectivity index (χ3v) is 6.28. The number of aromatic nitrogens is 2. The van der Waals surface area contributed by atoms with Gasteiger partial charge in [-0.25, -0.2) is 13.2 Å². The lowest BCUT2D eigenvalue weighted by atomic mass is 9.94. The van der Waals surface area contributed by atoms with Gasteiger partial charge in [0, 0.05) is 40.5 Å². The first-order valence-corrected chi connectivity index (χ1v) is 11.9. The average Bonchev–Trinajstić information content (AvgIpc) is 3.29. The Hall–Kier alpha value is -4.72. The highest BCUT2D eigenvalue weighted by atomic mass is 19.1. The minimum Gasteiger partial charge on any atom is -0.361 e. The Labute approximate surface area is 216 Å². The van der Waals surface area contributed by atoms with Crippen LogP contribution in [0.5, 0.6) is 0 Å². The number of hydrogen-bond donors (Lipinski definition) is 2. The van der Waals surface area contributed by atoms with Gasteiger partial charge in [0.05, 0.1) is 18.2 Å². The molecule has 1 unspecified atom stereocenters. The van der Waals surface area contributed by atoms with Gasteiger partial charge in [0.2, 0.25) is 5.91 Å². The molecule has 2 aromatic heterocycles. The van der Waals surface area contributed by atoms with Crippen LogP contribution in [0.4, 0.5) is 13.2 Å². The molecule has 2 heterocycles. The fourth-order valence-electron chi connectivity index (χ4n) is 4.61. The van der Waals surface area contributed by atoms with E-state index in [9.17, 15) is 22.8 Å². The number of nitrogens with one attached hydrogen (secondary N) is 2. The number of aldehydes is 1. The van der Waals surface area contributed by atoms with Crippen LogP contribution in [0, 0.1) is 17.5 Å². The number of amides is 1. The van der Waals surface area contributed by atoms with E-state index in [2.05, 4.69) is 15.3 Å². The van der Waals surface area contributed by atoms with E-state index in [0.29, 0.717) is 44.4 Å². The molecule has 0 saturated carbocycles. The Morgan fingerprint density at radius 1 is 0.947 bits per heavy atom. The zero-order valence-electron chi connectivity index (χ0n) is 20.0. The second kappa shape index (κ2) is 10.7. The predicted molar refractivity (Wildman–Crippen MR) is 138 cm³/mol. The van der Waals surface area contributed by atoms with Crippen molar-refractivity contribution in [2.75, 3.05) is 0 Å². The minimum atomic E-state index is -0.762. The summed E-state index contributed by atoms with van der Waals surface area (Å²) in [5, 5.41) is 3.54. The first kappa shape index (κ1) is 25.0. The minimum absolute atomic E-state index is 0.0553. The molecule has 0 bridgehead atoms. The van der Waals surface area contributed by atoms with Crippen molar-refractivity contribution in [2.45, 2.75) is 18.9 Å². The van der Waals surface area contributed by atoms with Crippen LogP contribution < -0.4 is 5.32 Å². The molecule has 5 rings (SSSR count). The summed E-state index contributed by atoms with van der Waals surface area (Å²) in [6.07, 6.45) is 3.95. The Morgan fingerprint density at radius 3 is 2.55 bits per heavy atom. The van der Waals surface area contributed by atoms with Gasteiger partial charge in [-0.3, -0.25) is 14.6 Å². The third-order valence-electron chi connectivity index (χ3n) is 6.28. The zero-order chi connectivity index (χ0) is 26.6. The van der Waals surface area contributed by atoms with Gasteiger partial charge in [0.15, 0.2) is 0 Å². The van der Waals surface area contributed by atoms with Crippen molar-refractivity contribution >= 4 is 23.1 Å². The van der Waals surface area contributed by atoms with Crippen molar-refractivity contribution in [1.82, 2.24) is 15.3 Å². The molecule has 0 radical (unpaired) electrons. The van der Waals surface area contributed by atoms with Crippen molar-refractivity contribution in [3.63, 3.8) is 0 Å². The van der Waals surface area contributed by atoms with Crippen molar-refractivity contribution < 1.29 is 22.8 Å². The fraction of sp³-hybridized carbons (Fsp3) is 0.100. The van der Waals surface area contributed by atoms with Crippen LogP contribution in [0.2, 0.25) is 0 Å². The molecule has 8 heteroatoms. The molecule has 3 aromatic carbocycles. The lowest BCUT2D eigenvalue weighted by molar-refractivity contribution is -0.121. The molecule has 2 N–H and O–H groups in total. The van der Waals surface area contributed by atoms with Gasteiger partial charge in [-0.2, -0.15) is 0 Å². The molecule has 5 nitrogen and oxygen atoms in total. The van der Waals surface area contributed by atoms with E-state index in [1.165, 1.54) is 24.3 Å². The number of carbonyl (C=O) groups is 2. The van der Waals surface area contributed by atoms with Gasteiger partial charge in [-0.05, 0) is 65.6 Å². The van der Waals surface area contributed by atoms with Crippen molar-refractivity contribution in [3.05, 3.63) is 125 Å². The van der Waals surface area contributed by atoms with Crippen molar-refractivity contribution in [1.29, 1.82) is 0 Å². The molecule has 5 aromatic rings. The van der Waals surface area contributed by atoms with Gasteiger partial charge in [-0.15, -0.1) is 0 Å². The zero-order valence-corrected chi connectivity index (χ0v) is 20.0. The van der Waals surface area contributed by atoms with Gasteiger partial charge in [0.25, 0.3) is 0 Å². The molecule has 1 atom stereocenters. The van der Waals surface area contributed by atoms with Crippen LogP contribution in [0.25, 0.3) is 22.0 Å². The number of H-pyrrole nitrogens is 1. The number of carbonyl (C=O) groups excluding carboxylic acids is 2. The maximum Gasteiger partial charge on any atom is 0.225 e. The quantitative estimate of drug-likeness (QED) is 0.246.